The van der Waals surface area contributed by atoms with Crippen molar-refractivity contribution in [1.29, 1.82) is 0 Å². The molecule has 1 aromatic carbocycles. The normalized spacial score (nSPS) is 10.7. The van der Waals surface area contributed by atoms with Crippen molar-refractivity contribution in [3.63, 3.8) is 0 Å². The summed E-state index contributed by atoms with van der Waals surface area (Å²) in [6, 6.07) is 6.02. The van der Waals surface area contributed by atoms with E-state index in [9.17, 15) is 4.79 Å². The number of hydrogen-bond donors (Lipinski definition) is 0. The van der Waals surface area contributed by atoms with Crippen LogP contribution in [0.2, 0.25) is 0 Å². The molecule has 0 saturated carbocycles. The summed E-state index contributed by atoms with van der Waals surface area (Å²) >= 11 is 3.49. The van der Waals surface area contributed by atoms with Gasteiger partial charge in [-0.2, -0.15) is 0 Å². The average Bonchev–Trinajstić information content (AvgIpc) is 2.39. The Hall–Kier alpha value is -1.07. The maximum atomic E-state index is 11.8. The minimum absolute atomic E-state index is 0.131. The lowest BCUT2D eigenvalue weighted by Crippen LogP contribution is -2.36. The largest absolute Gasteiger partial charge is 0.496 e. The molecule has 1 aromatic rings. The van der Waals surface area contributed by atoms with Crippen molar-refractivity contribution in [2.24, 2.45) is 0 Å². The summed E-state index contributed by atoms with van der Waals surface area (Å²) in [5.41, 5.74) is 1.16. The van der Waals surface area contributed by atoms with E-state index in [1.165, 1.54) is 0 Å². The number of benzene rings is 1. The smallest absolute Gasteiger partial charge is 0.236 e. The predicted octanol–water partition coefficient (Wildman–Crippen LogP) is 2.76. The summed E-state index contributed by atoms with van der Waals surface area (Å²) in [6.45, 7) is 4.24. The number of ether oxygens (including phenoxy) is 1. The number of likely N-dealkylation sites (N-methyl/N-ethyl adjacent to an activating group) is 1. The Morgan fingerprint density at radius 1 is 1.35 bits per heavy atom. The fraction of sp³-hybridized carbons (Fsp3) is 0.533. The second kappa shape index (κ2) is 8.27. The van der Waals surface area contributed by atoms with Crippen molar-refractivity contribution in [2.45, 2.75) is 19.9 Å². The molecular formula is C15H23BrN2O2. The van der Waals surface area contributed by atoms with Crippen LogP contribution in [0.1, 0.15) is 18.9 Å². The summed E-state index contributed by atoms with van der Waals surface area (Å²) in [6.07, 6.45) is 1.03. The number of carbonyl (C=O) groups excluding carboxylic acids is 1. The molecule has 0 spiro atoms. The van der Waals surface area contributed by atoms with Gasteiger partial charge < -0.3 is 9.64 Å². The molecule has 1 amide bonds. The fourth-order valence-electron chi connectivity index (χ4n) is 1.93. The van der Waals surface area contributed by atoms with Gasteiger partial charge in [0.1, 0.15) is 5.75 Å². The van der Waals surface area contributed by atoms with Gasteiger partial charge in [-0.15, -0.1) is 0 Å². The van der Waals surface area contributed by atoms with Crippen LogP contribution in [-0.2, 0) is 11.3 Å². The second-order valence-corrected chi connectivity index (χ2v) is 5.82. The minimum Gasteiger partial charge on any atom is -0.496 e. The highest BCUT2D eigenvalue weighted by Gasteiger charge is 2.12. The first-order valence-corrected chi connectivity index (χ1v) is 7.52. The van der Waals surface area contributed by atoms with E-state index in [0.717, 1.165) is 35.3 Å². The maximum Gasteiger partial charge on any atom is 0.236 e. The Morgan fingerprint density at radius 3 is 2.55 bits per heavy atom. The zero-order valence-corrected chi connectivity index (χ0v) is 14.2. The molecular weight excluding hydrogens is 320 g/mol. The van der Waals surface area contributed by atoms with E-state index in [1.807, 2.05) is 18.2 Å². The Labute approximate surface area is 129 Å². The van der Waals surface area contributed by atoms with E-state index in [1.54, 1.807) is 26.1 Å². The molecule has 4 nitrogen and oxygen atoms in total. The number of nitrogens with zero attached hydrogens (tertiary/aromatic N) is 2. The second-order valence-electron chi connectivity index (χ2n) is 4.97. The SMILES string of the molecule is CCCN(CC(=O)N(C)C)Cc1ccc(OC)c(Br)c1. The third-order valence-corrected chi connectivity index (χ3v) is 3.64. The average molecular weight is 343 g/mol. The quantitative estimate of drug-likeness (QED) is 0.763. The molecule has 0 radical (unpaired) electrons. The molecule has 0 heterocycles. The minimum atomic E-state index is 0.131. The lowest BCUT2D eigenvalue weighted by Gasteiger charge is -2.23. The van der Waals surface area contributed by atoms with Crippen LogP contribution < -0.4 is 4.74 Å². The summed E-state index contributed by atoms with van der Waals surface area (Å²) in [4.78, 5) is 15.6. The molecule has 0 saturated heterocycles. The van der Waals surface area contributed by atoms with E-state index in [2.05, 4.69) is 27.8 Å². The Bertz CT molecular complexity index is 449. The number of rotatable bonds is 7. The van der Waals surface area contributed by atoms with Gasteiger partial charge in [-0.25, -0.2) is 0 Å². The lowest BCUT2D eigenvalue weighted by molar-refractivity contribution is -0.130. The van der Waals surface area contributed by atoms with Crippen LogP contribution in [0.3, 0.4) is 0 Å². The highest BCUT2D eigenvalue weighted by atomic mass is 79.9. The fourth-order valence-corrected chi connectivity index (χ4v) is 2.52. The van der Waals surface area contributed by atoms with E-state index in [4.69, 9.17) is 4.74 Å². The molecule has 0 N–H and O–H groups in total. The number of amides is 1. The van der Waals surface area contributed by atoms with Crippen molar-refractivity contribution in [1.82, 2.24) is 9.80 Å². The molecule has 112 valence electrons. The van der Waals surface area contributed by atoms with Gasteiger partial charge in [0.25, 0.3) is 0 Å². The van der Waals surface area contributed by atoms with Crippen LogP contribution in [0.25, 0.3) is 0 Å². The zero-order valence-electron chi connectivity index (χ0n) is 12.6. The molecule has 0 atom stereocenters. The first kappa shape index (κ1) is 17.0. The molecule has 0 fully saturated rings. The maximum absolute atomic E-state index is 11.8. The molecule has 0 aromatic heterocycles. The first-order chi connectivity index (χ1) is 9.47. The molecule has 20 heavy (non-hydrogen) atoms. The third kappa shape index (κ3) is 5.13. The van der Waals surface area contributed by atoms with Crippen molar-refractivity contribution in [3.05, 3.63) is 28.2 Å². The Kier molecular flexibility index (Phi) is 7.02. The van der Waals surface area contributed by atoms with Gasteiger partial charge >= 0.3 is 0 Å². The van der Waals surface area contributed by atoms with Gasteiger partial charge in [0, 0.05) is 20.6 Å². The van der Waals surface area contributed by atoms with Crippen LogP contribution in [0.4, 0.5) is 0 Å². The van der Waals surface area contributed by atoms with E-state index in [-0.39, 0.29) is 5.91 Å². The number of hydrogen-bond acceptors (Lipinski definition) is 3. The van der Waals surface area contributed by atoms with E-state index in [0.29, 0.717) is 6.54 Å². The number of halogens is 1. The molecule has 1 rings (SSSR count). The summed E-state index contributed by atoms with van der Waals surface area (Å²) < 4.78 is 6.17. The third-order valence-electron chi connectivity index (χ3n) is 3.02. The standard InChI is InChI=1S/C15H23BrN2O2/c1-5-8-18(11-15(19)17(2)3)10-12-6-7-14(20-4)13(16)9-12/h6-7,9H,5,8,10-11H2,1-4H3. The molecule has 5 heteroatoms. The van der Waals surface area contributed by atoms with Crippen LogP contribution >= 0.6 is 15.9 Å². The summed E-state index contributed by atoms with van der Waals surface area (Å²) in [7, 11) is 5.23. The topological polar surface area (TPSA) is 32.8 Å². The lowest BCUT2D eigenvalue weighted by atomic mass is 10.2. The van der Waals surface area contributed by atoms with Gasteiger partial charge in [0.2, 0.25) is 5.91 Å². The molecule has 0 bridgehead atoms. The van der Waals surface area contributed by atoms with Crippen LogP contribution in [-0.4, -0.2) is 50.0 Å². The van der Waals surface area contributed by atoms with E-state index < -0.39 is 0 Å². The Balaban J connectivity index is 2.74. The molecule has 0 aliphatic heterocycles. The van der Waals surface area contributed by atoms with Crippen molar-refractivity contribution < 1.29 is 9.53 Å². The van der Waals surface area contributed by atoms with Gasteiger partial charge in [0.05, 0.1) is 18.1 Å². The van der Waals surface area contributed by atoms with Gasteiger partial charge in [-0.1, -0.05) is 13.0 Å². The highest BCUT2D eigenvalue weighted by Crippen LogP contribution is 2.26. The van der Waals surface area contributed by atoms with E-state index >= 15 is 0 Å². The van der Waals surface area contributed by atoms with Crippen molar-refractivity contribution >= 4 is 21.8 Å². The summed E-state index contributed by atoms with van der Waals surface area (Å²) in [5.74, 6) is 0.950. The van der Waals surface area contributed by atoms with Crippen LogP contribution in [0.5, 0.6) is 5.75 Å². The van der Waals surface area contributed by atoms with Crippen molar-refractivity contribution in [3.8, 4) is 5.75 Å². The molecule has 0 unspecified atom stereocenters. The first-order valence-electron chi connectivity index (χ1n) is 6.72. The number of carbonyl (C=O) groups is 1. The molecule has 0 aliphatic rings. The predicted molar refractivity (Wildman–Crippen MR) is 85.0 cm³/mol. The van der Waals surface area contributed by atoms with Crippen LogP contribution in [0.15, 0.2) is 22.7 Å². The van der Waals surface area contributed by atoms with Crippen molar-refractivity contribution in [2.75, 3.05) is 34.3 Å². The highest BCUT2D eigenvalue weighted by molar-refractivity contribution is 9.10. The van der Waals surface area contributed by atoms with Gasteiger partial charge in [0.15, 0.2) is 0 Å². The monoisotopic (exact) mass is 342 g/mol. The summed E-state index contributed by atoms with van der Waals surface area (Å²) in [5, 5.41) is 0. The molecule has 0 aliphatic carbocycles. The Morgan fingerprint density at radius 2 is 2.05 bits per heavy atom. The zero-order chi connectivity index (χ0) is 15.1. The van der Waals surface area contributed by atoms with Gasteiger partial charge in [-0.05, 0) is 46.6 Å². The van der Waals surface area contributed by atoms with Crippen LogP contribution in [0, 0.1) is 0 Å². The number of methoxy groups -OCH3 is 1. The van der Waals surface area contributed by atoms with Gasteiger partial charge in [-0.3, -0.25) is 9.69 Å².